The second kappa shape index (κ2) is 11.3. The summed E-state index contributed by atoms with van der Waals surface area (Å²) in [7, 11) is 0. The van der Waals surface area contributed by atoms with Crippen LogP contribution in [0.4, 0.5) is 0 Å². The van der Waals surface area contributed by atoms with Crippen LogP contribution in [0.2, 0.25) is 0 Å². The fraction of sp³-hybridized carbons (Fsp3) is 0.111. The molecule has 0 saturated carbocycles. The zero-order valence-corrected chi connectivity index (χ0v) is 18.3. The number of aliphatic hydroxyl groups excluding tert-OH is 1. The molecule has 0 radical (unpaired) electrons. The Morgan fingerprint density at radius 3 is 1.72 bits per heavy atom. The second-order valence-corrected chi connectivity index (χ2v) is 7.32. The molecule has 0 saturated heterocycles. The van der Waals surface area contributed by atoms with Gasteiger partial charge in [0.1, 0.15) is 11.5 Å². The van der Waals surface area contributed by atoms with Crippen molar-refractivity contribution in [3.8, 4) is 23.0 Å². The molecular formula is C27H26ClNO3. The Kier molecular flexibility index (Phi) is 8.28. The van der Waals surface area contributed by atoms with Crippen LogP contribution in [0.5, 0.6) is 23.0 Å². The number of nitrogens with two attached hydrogens (primary N) is 1. The maximum Gasteiger partial charge on any atom is 0.170 e. The molecule has 0 spiro atoms. The maximum atomic E-state index is 10.7. The summed E-state index contributed by atoms with van der Waals surface area (Å²) in [4.78, 5) is 0. The van der Waals surface area contributed by atoms with Gasteiger partial charge in [-0.15, -0.1) is 12.4 Å². The second-order valence-electron chi connectivity index (χ2n) is 7.32. The number of hydrogen-bond donors (Lipinski definition) is 2. The van der Waals surface area contributed by atoms with Crippen LogP contribution in [0, 0.1) is 0 Å². The molecule has 5 heteroatoms. The Morgan fingerprint density at radius 1 is 0.656 bits per heavy atom. The minimum absolute atomic E-state index is 0. The van der Waals surface area contributed by atoms with Crippen LogP contribution in [-0.2, 0) is 6.42 Å². The van der Waals surface area contributed by atoms with Gasteiger partial charge in [-0.25, -0.2) is 0 Å². The summed E-state index contributed by atoms with van der Waals surface area (Å²) < 4.78 is 12.2. The van der Waals surface area contributed by atoms with Crippen molar-refractivity contribution in [3.63, 3.8) is 0 Å². The normalized spacial score (nSPS) is 12.3. The summed E-state index contributed by atoms with van der Waals surface area (Å²) in [6, 6.07) is 33.8. The number of aliphatic hydroxyl groups is 1. The quantitative estimate of drug-likeness (QED) is 0.333. The molecule has 2 atom stereocenters. The zero-order valence-electron chi connectivity index (χ0n) is 17.5. The van der Waals surface area contributed by atoms with Crippen molar-refractivity contribution in [2.45, 2.75) is 18.6 Å². The minimum atomic E-state index is -0.729. The highest BCUT2D eigenvalue weighted by atomic mass is 35.5. The van der Waals surface area contributed by atoms with Crippen LogP contribution in [0.1, 0.15) is 17.2 Å². The highest BCUT2D eigenvalue weighted by Crippen LogP contribution is 2.37. The fourth-order valence-corrected chi connectivity index (χ4v) is 3.33. The summed E-state index contributed by atoms with van der Waals surface area (Å²) in [5.74, 6) is 2.51. The van der Waals surface area contributed by atoms with Gasteiger partial charge < -0.3 is 20.3 Å². The molecule has 0 aliphatic heterocycles. The van der Waals surface area contributed by atoms with Crippen molar-refractivity contribution in [2.24, 2.45) is 5.73 Å². The van der Waals surface area contributed by atoms with E-state index in [9.17, 15) is 5.11 Å². The summed E-state index contributed by atoms with van der Waals surface area (Å²) in [6.07, 6.45) is -0.257. The molecule has 4 rings (SSSR count). The fourth-order valence-electron chi connectivity index (χ4n) is 3.33. The number of para-hydroxylation sites is 2. The molecule has 0 fully saturated rings. The van der Waals surface area contributed by atoms with Crippen LogP contribution in [0.25, 0.3) is 0 Å². The molecule has 0 aromatic heterocycles. The lowest BCUT2D eigenvalue weighted by Crippen LogP contribution is -2.28. The van der Waals surface area contributed by atoms with Crippen molar-refractivity contribution in [1.29, 1.82) is 0 Å². The SMILES string of the molecule is Cl.N[C@@H](c1ccc(Oc2ccccc2)c(Oc2ccccc2)c1)[C@H](O)Cc1ccccc1. The lowest BCUT2D eigenvalue weighted by atomic mass is 9.96. The molecule has 4 aromatic rings. The number of benzene rings is 4. The maximum absolute atomic E-state index is 10.7. The highest BCUT2D eigenvalue weighted by Gasteiger charge is 2.20. The molecule has 0 aliphatic rings. The van der Waals surface area contributed by atoms with E-state index in [0.717, 1.165) is 11.1 Å². The molecule has 4 nitrogen and oxygen atoms in total. The molecule has 0 amide bonds. The summed E-state index contributed by atoms with van der Waals surface area (Å²) >= 11 is 0. The first-order valence-electron chi connectivity index (χ1n) is 10.3. The first-order valence-corrected chi connectivity index (χ1v) is 10.3. The first kappa shape index (κ1) is 23.4. The van der Waals surface area contributed by atoms with Crippen LogP contribution in [-0.4, -0.2) is 11.2 Å². The van der Waals surface area contributed by atoms with Crippen LogP contribution < -0.4 is 15.2 Å². The lowest BCUT2D eigenvalue weighted by Gasteiger charge is -2.21. The van der Waals surface area contributed by atoms with E-state index in [2.05, 4.69) is 0 Å². The smallest absolute Gasteiger partial charge is 0.170 e. The third kappa shape index (κ3) is 6.11. The molecular weight excluding hydrogens is 422 g/mol. The number of rotatable bonds is 8. The molecule has 164 valence electrons. The molecule has 0 bridgehead atoms. The summed E-state index contributed by atoms with van der Waals surface area (Å²) in [5, 5.41) is 10.7. The van der Waals surface area contributed by atoms with E-state index in [-0.39, 0.29) is 12.4 Å². The molecule has 4 aromatic carbocycles. The van der Waals surface area contributed by atoms with Gasteiger partial charge in [0, 0.05) is 6.42 Å². The average molecular weight is 448 g/mol. The van der Waals surface area contributed by atoms with Gasteiger partial charge in [0.05, 0.1) is 12.1 Å². The third-order valence-corrected chi connectivity index (χ3v) is 5.00. The topological polar surface area (TPSA) is 64.7 Å². The van der Waals surface area contributed by atoms with Crippen LogP contribution >= 0.6 is 12.4 Å². The lowest BCUT2D eigenvalue weighted by molar-refractivity contribution is 0.145. The van der Waals surface area contributed by atoms with E-state index in [4.69, 9.17) is 15.2 Å². The first-order chi connectivity index (χ1) is 15.2. The Labute approximate surface area is 194 Å². The molecule has 3 N–H and O–H groups in total. The predicted octanol–water partition coefficient (Wildman–Crippen LogP) is 6.30. The van der Waals surface area contributed by atoms with E-state index in [1.807, 2.05) is 109 Å². The van der Waals surface area contributed by atoms with Gasteiger partial charge in [0.2, 0.25) is 0 Å². The predicted molar refractivity (Wildman–Crippen MR) is 130 cm³/mol. The average Bonchev–Trinajstić information content (AvgIpc) is 2.82. The molecule has 0 unspecified atom stereocenters. The largest absolute Gasteiger partial charge is 0.453 e. The van der Waals surface area contributed by atoms with E-state index in [0.29, 0.717) is 29.4 Å². The van der Waals surface area contributed by atoms with Gasteiger partial charge in [0.25, 0.3) is 0 Å². The Balaban J connectivity index is 0.00000289. The van der Waals surface area contributed by atoms with Crippen molar-refractivity contribution >= 4 is 12.4 Å². The Bertz CT molecular complexity index is 1090. The summed E-state index contributed by atoms with van der Waals surface area (Å²) in [6.45, 7) is 0. The van der Waals surface area contributed by atoms with Gasteiger partial charge >= 0.3 is 0 Å². The third-order valence-electron chi connectivity index (χ3n) is 5.00. The summed E-state index contributed by atoms with van der Waals surface area (Å²) in [5.41, 5.74) is 8.22. The Hall–Kier alpha value is -3.31. The number of halogens is 1. The standard InChI is InChI=1S/C27H25NO3.ClH/c28-27(24(29)18-20-10-4-1-5-11-20)21-16-17-25(30-22-12-6-2-7-13-22)26(19-21)31-23-14-8-3-9-15-23;/h1-17,19,24,27,29H,18,28H2;1H/t24-,27+;/m1./s1. The molecule has 32 heavy (non-hydrogen) atoms. The monoisotopic (exact) mass is 447 g/mol. The van der Waals surface area contributed by atoms with Crippen LogP contribution in [0.3, 0.4) is 0 Å². The van der Waals surface area contributed by atoms with Gasteiger partial charge in [-0.2, -0.15) is 0 Å². The van der Waals surface area contributed by atoms with Gasteiger partial charge in [0.15, 0.2) is 11.5 Å². The van der Waals surface area contributed by atoms with Crippen LogP contribution in [0.15, 0.2) is 109 Å². The van der Waals surface area contributed by atoms with Crippen molar-refractivity contribution in [2.75, 3.05) is 0 Å². The van der Waals surface area contributed by atoms with E-state index >= 15 is 0 Å². The van der Waals surface area contributed by atoms with E-state index in [1.165, 1.54) is 0 Å². The van der Waals surface area contributed by atoms with Crippen molar-refractivity contribution in [1.82, 2.24) is 0 Å². The highest BCUT2D eigenvalue weighted by molar-refractivity contribution is 5.85. The van der Waals surface area contributed by atoms with E-state index < -0.39 is 12.1 Å². The Morgan fingerprint density at radius 2 is 1.16 bits per heavy atom. The van der Waals surface area contributed by atoms with E-state index in [1.54, 1.807) is 0 Å². The number of ether oxygens (including phenoxy) is 2. The van der Waals surface area contributed by atoms with Crippen molar-refractivity contribution < 1.29 is 14.6 Å². The number of hydrogen-bond acceptors (Lipinski definition) is 4. The molecule has 0 aliphatic carbocycles. The van der Waals surface area contributed by atoms with Gasteiger partial charge in [-0.1, -0.05) is 72.8 Å². The van der Waals surface area contributed by atoms with Gasteiger partial charge in [-0.3, -0.25) is 0 Å². The minimum Gasteiger partial charge on any atom is -0.453 e. The zero-order chi connectivity index (χ0) is 21.5. The molecule has 0 heterocycles. The van der Waals surface area contributed by atoms with Gasteiger partial charge in [-0.05, 0) is 47.5 Å². The van der Waals surface area contributed by atoms with Crippen molar-refractivity contribution in [3.05, 3.63) is 120 Å².